The number of hydrogen-bond donors (Lipinski definition) is 2. The van der Waals surface area contributed by atoms with E-state index in [2.05, 4.69) is 27.9 Å². The first-order valence-electron chi connectivity index (χ1n) is 4.44. The Morgan fingerprint density at radius 1 is 1.50 bits per heavy atom. The van der Waals surface area contributed by atoms with Gasteiger partial charge in [-0.3, -0.25) is 4.79 Å². The summed E-state index contributed by atoms with van der Waals surface area (Å²) in [6.45, 7) is 0. The van der Waals surface area contributed by atoms with Crippen molar-refractivity contribution < 1.29 is 9.90 Å². The van der Waals surface area contributed by atoms with Crippen molar-refractivity contribution in [1.29, 1.82) is 0 Å². The molecule has 0 aromatic heterocycles. The number of benzene rings is 1. The van der Waals surface area contributed by atoms with Crippen molar-refractivity contribution in [2.45, 2.75) is 18.9 Å². The predicted molar refractivity (Wildman–Crippen MR) is 60.9 cm³/mol. The summed E-state index contributed by atoms with van der Waals surface area (Å²) in [5.41, 5.74) is 0.822. The molecule has 0 aliphatic carbocycles. The number of phenols is 1. The van der Waals surface area contributed by atoms with E-state index in [0.717, 1.165) is 15.6 Å². The molecule has 0 radical (unpaired) electrons. The highest BCUT2D eigenvalue weighted by atomic mass is 127. The van der Waals surface area contributed by atoms with Crippen LogP contribution in [0.25, 0.3) is 0 Å². The van der Waals surface area contributed by atoms with Gasteiger partial charge in [-0.1, -0.05) is 0 Å². The molecule has 0 bridgehead atoms. The van der Waals surface area contributed by atoms with Gasteiger partial charge in [0.2, 0.25) is 5.91 Å². The molecular weight excluding hydrogens is 293 g/mol. The number of amides is 1. The van der Waals surface area contributed by atoms with E-state index in [1.54, 1.807) is 6.07 Å². The van der Waals surface area contributed by atoms with E-state index in [9.17, 15) is 9.90 Å². The standard InChI is InChI=1S/C10H10INO2/c11-6-1-3-9(13)7(5-6)8-2-4-10(14)12-8/h1,3,5,8,13H,2,4H2,(H,12,14)/t8-/m1/s1. The van der Waals surface area contributed by atoms with E-state index in [4.69, 9.17) is 0 Å². The normalized spacial score (nSPS) is 20.9. The summed E-state index contributed by atoms with van der Waals surface area (Å²) in [5.74, 6) is 0.325. The van der Waals surface area contributed by atoms with Gasteiger partial charge >= 0.3 is 0 Å². The summed E-state index contributed by atoms with van der Waals surface area (Å²) < 4.78 is 1.07. The highest BCUT2D eigenvalue weighted by Gasteiger charge is 2.24. The highest BCUT2D eigenvalue weighted by molar-refractivity contribution is 14.1. The van der Waals surface area contributed by atoms with Crippen molar-refractivity contribution in [3.63, 3.8) is 0 Å². The molecule has 2 rings (SSSR count). The van der Waals surface area contributed by atoms with Crippen LogP contribution in [0, 0.1) is 3.57 Å². The second-order valence-electron chi connectivity index (χ2n) is 3.36. The number of carbonyl (C=O) groups excluding carboxylic acids is 1. The first-order chi connectivity index (χ1) is 6.66. The van der Waals surface area contributed by atoms with Crippen LogP contribution in [0.4, 0.5) is 0 Å². The predicted octanol–water partition coefficient (Wildman–Crippen LogP) is 1.95. The molecule has 1 aromatic rings. The fourth-order valence-electron chi connectivity index (χ4n) is 1.65. The molecule has 1 aromatic carbocycles. The molecule has 1 atom stereocenters. The second-order valence-corrected chi connectivity index (χ2v) is 4.61. The third-order valence-corrected chi connectivity index (χ3v) is 3.03. The number of aromatic hydroxyl groups is 1. The lowest BCUT2D eigenvalue weighted by atomic mass is 10.0. The zero-order chi connectivity index (χ0) is 10.1. The van der Waals surface area contributed by atoms with Gasteiger partial charge in [0, 0.05) is 15.6 Å². The van der Waals surface area contributed by atoms with Gasteiger partial charge in [0.15, 0.2) is 0 Å². The molecule has 74 valence electrons. The maximum absolute atomic E-state index is 11.0. The van der Waals surface area contributed by atoms with Crippen LogP contribution in [-0.4, -0.2) is 11.0 Å². The minimum Gasteiger partial charge on any atom is -0.508 e. The van der Waals surface area contributed by atoms with E-state index in [1.807, 2.05) is 12.1 Å². The molecule has 4 heteroatoms. The van der Waals surface area contributed by atoms with Crippen LogP contribution in [0.3, 0.4) is 0 Å². The molecule has 1 heterocycles. The fourth-order valence-corrected chi connectivity index (χ4v) is 2.17. The first kappa shape index (κ1) is 9.76. The Kier molecular flexibility index (Phi) is 2.62. The number of phenolic OH excluding ortho intramolecular Hbond substituents is 1. The number of hydrogen-bond acceptors (Lipinski definition) is 2. The van der Waals surface area contributed by atoms with Gasteiger partial charge in [-0.15, -0.1) is 0 Å². The summed E-state index contributed by atoms with van der Waals surface area (Å²) in [6, 6.07) is 5.40. The van der Waals surface area contributed by atoms with Crippen molar-refractivity contribution >= 4 is 28.5 Å². The van der Waals surface area contributed by atoms with Gasteiger partial charge in [0.1, 0.15) is 5.75 Å². The zero-order valence-corrected chi connectivity index (χ0v) is 9.61. The van der Waals surface area contributed by atoms with E-state index < -0.39 is 0 Å². The van der Waals surface area contributed by atoms with Gasteiger partial charge in [-0.05, 0) is 47.2 Å². The maximum atomic E-state index is 11.0. The molecule has 0 saturated carbocycles. The summed E-state index contributed by atoms with van der Waals surface area (Å²) in [6.07, 6.45) is 1.32. The first-order valence-corrected chi connectivity index (χ1v) is 5.52. The Hall–Kier alpha value is -0.780. The number of halogens is 1. The minimum atomic E-state index is -0.0165. The van der Waals surface area contributed by atoms with E-state index in [-0.39, 0.29) is 17.7 Å². The van der Waals surface area contributed by atoms with E-state index in [1.165, 1.54) is 0 Å². The molecule has 1 saturated heterocycles. The van der Waals surface area contributed by atoms with Crippen LogP contribution in [0.2, 0.25) is 0 Å². The van der Waals surface area contributed by atoms with Crippen molar-refractivity contribution in [3.05, 3.63) is 27.3 Å². The summed E-state index contributed by atoms with van der Waals surface area (Å²) in [7, 11) is 0. The van der Waals surface area contributed by atoms with Crippen LogP contribution < -0.4 is 5.32 Å². The van der Waals surface area contributed by atoms with Crippen LogP contribution in [0.15, 0.2) is 18.2 Å². The topological polar surface area (TPSA) is 49.3 Å². The Balaban J connectivity index is 2.31. The van der Waals surface area contributed by atoms with Gasteiger partial charge in [0.25, 0.3) is 0 Å². The quantitative estimate of drug-likeness (QED) is 0.779. The van der Waals surface area contributed by atoms with E-state index in [0.29, 0.717) is 6.42 Å². The molecular formula is C10H10INO2. The number of rotatable bonds is 1. The number of nitrogens with one attached hydrogen (secondary N) is 1. The van der Waals surface area contributed by atoms with Crippen molar-refractivity contribution in [3.8, 4) is 5.75 Å². The molecule has 1 aliphatic heterocycles. The van der Waals surface area contributed by atoms with Crippen LogP contribution in [-0.2, 0) is 4.79 Å². The van der Waals surface area contributed by atoms with Crippen molar-refractivity contribution in [2.75, 3.05) is 0 Å². The van der Waals surface area contributed by atoms with Crippen molar-refractivity contribution in [2.24, 2.45) is 0 Å². The molecule has 3 nitrogen and oxygen atoms in total. The Labute approximate surface area is 95.7 Å². The van der Waals surface area contributed by atoms with Crippen LogP contribution in [0.5, 0.6) is 5.75 Å². The van der Waals surface area contributed by atoms with E-state index >= 15 is 0 Å². The molecule has 1 aliphatic rings. The zero-order valence-electron chi connectivity index (χ0n) is 7.46. The fraction of sp³-hybridized carbons (Fsp3) is 0.300. The average Bonchev–Trinajstić information content (AvgIpc) is 2.56. The molecule has 14 heavy (non-hydrogen) atoms. The third-order valence-electron chi connectivity index (χ3n) is 2.36. The largest absolute Gasteiger partial charge is 0.508 e. The molecule has 2 N–H and O–H groups in total. The van der Waals surface area contributed by atoms with Crippen LogP contribution in [0.1, 0.15) is 24.4 Å². The molecule has 0 spiro atoms. The lowest BCUT2D eigenvalue weighted by Crippen LogP contribution is -2.18. The summed E-state index contributed by atoms with van der Waals surface area (Å²) in [5, 5.41) is 12.5. The summed E-state index contributed by atoms with van der Waals surface area (Å²) in [4.78, 5) is 11.0. The molecule has 0 unspecified atom stereocenters. The van der Waals surface area contributed by atoms with Gasteiger partial charge < -0.3 is 10.4 Å². The maximum Gasteiger partial charge on any atom is 0.220 e. The van der Waals surface area contributed by atoms with Gasteiger partial charge in [0.05, 0.1) is 6.04 Å². The molecule has 1 amide bonds. The molecule has 1 fully saturated rings. The van der Waals surface area contributed by atoms with Crippen LogP contribution >= 0.6 is 22.6 Å². The Morgan fingerprint density at radius 2 is 2.29 bits per heavy atom. The van der Waals surface area contributed by atoms with Gasteiger partial charge in [-0.2, -0.15) is 0 Å². The number of carbonyl (C=O) groups is 1. The smallest absolute Gasteiger partial charge is 0.220 e. The minimum absolute atomic E-state index is 0.0165. The highest BCUT2D eigenvalue weighted by Crippen LogP contribution is 2.31. The monoisotopic (exact) mass is 303 g/mol. The second kappa shape index (κ2) is 3.76. The average molecular weight is 303 g/mol. The third kappa shape index (κ3) is 1.84. The van der Waals surface area contributed by atoms with Gasteiger partial charge in [-0.25, -0.2) is 0 Å². The Morgan fingerprint density at radius 3 is 2.93 bits per heavy atom. The van der Waals surface area contributed by atoms with Crippen molar-refractivity contribution in [1.82, 2.24) is 5.32 Å². The lowest BCUT2D eigenvalue weighted by Gasteiger charge is -2.12. The summed E-state index contributed by atoms with van der Waals surface area (Å²) >= 11 is 2.19. The lowest BCUT2D eigenvalue weighted by molar-refractivity contribution is -0.119. The Bertz CT molecular complexity index is 378. The SMILES string of the molecule is O=C1CC[C@H](c2cc(I)ccc2O)N1.